The van der Waals surface area contributed by atoms with E-state index in [2.05, 4.69) is 103 Å². The van der Waals surface area contributed by atoms with E-state index in [1.165, 1.54) is 49.3 Å². The lowest BCUT2D eigenvalue weighted by Crippen LogP contribution is -2.34. The second kappa shape index (κ2) is 7.01. The van der Waals surface area contributed by atoms with Crippen molar-refractivity contribution in [1.82, 2.24) is 0 Å². The fourth-order valence-corrected chi connectivity index (χ4v) is 8.52. The molecule has 134 valence electrons. The van der Waals surface area contributed by atoms with Crippen LogP contribution >= 0.6 is 7.26 Å². The van der Waals surface area contributed by atoms with E-state index in [1.54, 1.807) is 0 Å². The molecular formula is C25H30P+. The van der Waals surface area contributed by atoms with Crippen molar-refractivity contribution < 1.29 is 0 Å². The van der Waals surface area contributed by atoms with Gasteiger partial charge in [0.1, 0.15) is 23.2 Å². The monoisotopic (exact) mass is 361 g/mol. The summed E-state index contributed by atoms with van der Waals surface area (Å²) in [6.45, 7) is 15.9. The van der Waals surface area contributed by atoms with Crippen LogP contribution < -0.4 is 15.9 Å². The first kappa shape index (κ1) is 18.9. The van der Waals surface area contributed by atoms with E-state index in [4.69, 9.17) is 0 Å². The molecule has 0 N–H and O–H groups in total. The van der Waals surface area contributed by atoms with Crippen molar-refractivity contribution in [3.63, 3.8) is 0 Å². The molecule has 0 bridgehead atoms. The Kier molecular flexibility index (Phi) is 5.09. The third kappa shape index (κ3) is 3.24. The van der Waals surface area contributed by atoms with Crippen LogP contribution in [0.2, 0.25) is 0 Å². The topological polar surface area (TPSA) is 0 Å². The molecule has 0 saturated heterocycles. The van der Waals surface area contributed by atoms with Crippen molar-refractivity contribution in [2.24, 2.45) is 0 Å². The fourth-order valence-electron chi connectivity index (χ4n) is 4.31. The summed E-state index contributed by atoms with van der Waals surface area (Å²) < 4.78 is 0. The molecule has 0 spiro atoms. The number of benzene rings is 3. The van der Waals surface area contributed by atoms with Crippen LogP contribution in [0.15, 0.2) is 54.6 Å². The summed E-state index contributed by atoms with van der Waals surface area (Å²) in [6.07, 6.45) is 0. The smallest absolute Gasteiger partial charge is 0.0554 e. The molecule has 0 fully saturated rings. The van der Waals surface area contributed by atoms with Crippen molar-refractivity contribution in [2.75, 3.05) is 6.66 Å². The molecule has 0 atom stereocenters. The Morgan fingerprint density at radius 1 is 0.462 bits per heavy atom. The summed E-state index contributed by atoms with van der Waals surface area (Å²) in [7, 11) is -1.70. The highest BCUT2D eigenvalue weighted by Crippen LogP contribution is 2.53. The molecule has 26 heavy (non-hydrogen) atoms. The van der Waals surface area contributed by atoms with Crippen molar-refractivity contribution in [3.8, 4) is 0 Å². The van der Waals surface area contributed by atoms with Gasteiger partial charge >= 0.3 is 0 Å². The molecule has 3 aromatic carbocycles. The average molecular weight is 361 g/mol. The number of hydrogen-bond acceptors (Lipinski definition) is 0. The minimum Gasteiger partial charge on any atom is -0.0554 e. The van der Waals surface area contributed by atoms with Crippen molar-refractivity contribution in [2.45, 2.75) is 41.5 Å². The maximum Gasteiger partial charge on any atom is 0.110 e. The van der Waals surface area contributed by atoms with Crippen LogP contribution in [0.25, 0.3) is 0 Å². The van der Waals surface area contributed by atoms with Crippen LogP contribution in [0.4, 0.5) is 0 Å². The maximum atomic E-state index is 2.50. The zero-order chi connectivity index (χ0) is 19.1. The fraction of sp³-hybridized carbons (Fsp3) is 0.280. The lowest BCUT2D eigenvalue weighted by atomic mass is 10.1. The highest BCUT2D eigenvalue weighted by molar-refractivity contribution is 7.95. The van der Waals surface area contributed by atoms with E-state index in [0.29, 0.717) is 0 Å². The van der Waals surface area contributed by atoms with Gasteiger partial charge in [-0.15, -0.1) is 0 Å². The van der Waals surface area contributed by atoms with Gasteiger partial charge in [0.2, 0.25) is 0 Å². The van der Waals surface area contributed by atoms with Gasteiger partial charge in [0, 0.05) is 0 Å². The molecule has 3 rings (SSSR count). The quantitative estimate of drug-likeness (QED) is 0.543. The molecule has 0 amide bonds. The number of aryl methyl sites for hydroxylation is 6. The molecule has 0 aliphatic heterocycles. The zero-order valence-electron chi connectivity index (χ0n) is 17.1. The summed E-state index contributed by atoms with van der Waals surface area (Å²) in [5, 5.41) is 4.51. The molecule has 0 unspecified atom stereocenters. The first-order valence-electron chi connectivity index (χ1n) is 9.33. The van der Waals surface area contributed by atoms with Crippen LogP contribution in [-0.4, -0.2) is 6.66 Å². The summed E-state index contributed by atoms with van der Waals surface area (Å²) in [5.41, 5.74) is 8.21. The molecule has 3 aromatic rings. The summed E-state index contributed by atoms with van der Waals surface area (Å²) in [5.74, 6) is 0. The van der Waals surface area contributed by atoms with E-state index < -0.39 is 7.26 Å². The Hall–Kier alpha value is -1.91. The van der Waals surface area contributed by atoms with E-state index in [1.807, 2.05) is 0 Å². The highest BCUT2D eigenvalue weighted by atomic mass is 31.2. The lowest BCUT2D eigenvalue weighted by molar-refractivity contribution is 1.39. The van der Waals surface area contributed by atoms with Gasteiger partial charge in [0.15, 0.2) is 0 Å². The molecule has 0 aromatic heterocycles. The average Bonchev–Trinajstić information content (AvgIpc) is 2.54. The maximum absolute atomic E-state index is 2.50. The van der Waals surface area contributed by atoms with Gasteiger partial charge in [-0.25, -0.2) is 0 Å². The minimum atomic E-state index is -1.70. The Labute approximate surface area is 159 Å². The third-order valence-corrected chi connectivity index (χ3v) is 9.90. The second-order valence-electron chi connectivity index (χ2n) is 7.88. The highest BCUT2D eigenvalue weighted by Gasteiger charge is 2.43. The van der Waals surface area contributed by atoms with Crippen LogP contribution in [0.1, 0.15) is 33.4 Å². The molecule has 0 aliphatic rings. The van der Waals surface area contributed by atoms with E-state index in [-0.39, 0.29) is 0 Å². The van der Waals surface area contributed by atoms with Gasteiger partial charge in [0.05, 0.1) is 6.66 Å². The van der Waals surface area contributed by atoms with Crippen molar-refractivity contribution in [1.29, 1.82) is 0 Å². The first-order valence-corrected chi connectivity index (χ1v) is 11.6. The summed E-state index contributed by atoms with van der Waals surface area (Å²) >= 11 is 0. The van der Waals surface area contributed by atoms with Crippen LogP contribution in [0, 0.1) is 41.5 Å². The predicted molar refractivity (Wildman–Crippen MR) is 119 cm³/mol. The molecule has 0 radical (unpaired) electrons. The third-order valence-electron chi connectivity index (χ3n) is 5.50. The van der Waals surface area contributed by atoms with Gasteiger partial charge in [-0.2, -0.15) is 0 Å². The molecule has 0 nitrogen and oxygen atoms in total. The first-order chi connectivity index (χ1) is 12.2. The van der Waals surface area contributed by atoms with E-state index in [0.717, 1.165) is 0 Å². The summed E-state index contributed by atoms with van der Waals surface area (Å²) in [4.78, 5) is 0. The van der Waals surface area contributed by atoms with Crippen LogP contribution in [0.5, 0.6) is 0 Å². The second-order valence-corrected chi connectivity index (χ2v) is 11.3. The Morgan fingerprint density at radius 2 is 0.731 bits per heavy atom. The predicted octanol–water partition coefficient (Wildman–Crippen LogP) is 5.46. The zero-order valence-corrected chi connectivity index (χ0v) is 18.0. The van der Waals surface area contributed by atoms with Crippen LogP contribution in [0.3, 0.4) is 0 Å². The molecular weight excluding hydrogens is 331 g/mol. The lowest BCUT2D eigenvalue weighted by Gasteiger charge is -2.28. The van der Waals surface area contributed by atoms with Gasteiger partial charge in [-0.1, -0.05) is 53.1 Å². The number of hydrogen-bond donors (Lipinski definition) is 0. The van der Waals surface area contributed by atoms with Crippen molar-refractivity contribution in [3.05, 3.63) is 88.0 Å². The van der Waals surface area contributed by atoms with Gasteiger partial charge in [-0.3, -0.25) is 0 Å². The standard InChI is InChI=1S/C25H30P/c1-17-8-11-23(20(4)14-17)26(7,24-12-9-18(2)15-21(24)5)25-13-10-19(3)16-22(25)6/h8-16H,1-7H3/q+1. The van der Waals surface area contributed by atoms with Crippen molar-refractivity contribution >= 4 is 23.2 Å². The molecule has 1 heteroatoms. The van der Waals surface area contributed by atoms with E-state index >= 15 is 0 Å². The van der Waals surface area contributed by atoms with E-state index in [9.17, 15) is 0 Å². The normalized spacial score (nSPS) is 11.7. The molecule has 0 saturated carbocycles. The molecule has 0 heterocycles. The number of rotatable bonds is 3. The Morgan fingerprint density at radius 3 is 0.962 bits per heavy atom. The SMILES string of the molecule is Cc1ccc([P+](C)(c2ccc(C)cc2C)c2ccc(C)cc2C)c(C)c1. The Balaban J connectivity index is 2.38. The van der Waals surface area contributed by atoms with Gasteiger partial charge < -0.3 is 0 Å². The Bertz CT molecular complexity index is 841. The van der Waals surface area contributed by atoms with Gasteiger partial charge in [-0.05, 0) is 76.4 Å². The molecule has 0 aliphatic carbocycles. The minimum absolute atomic E-state index is 1.33. The summed E-state index contributed by atoms with van der Waals surface area (Å²) in [6, 6.07) is 20.9. The van der Waals surface area contributed by atoms with Gasteiger partial charge in [0.25, 0.3) is 0 Å². The van der Waals surface area contributed by atoms with Crippen LogP contribution in [-0.2, 0) is 0 Å². The largest absolute Gasteiger partial charge is 0.110 e.